The summed E-state index contributed by atoms with van der Waals surface area (Å²) < 4.78 is 5.60. The minimum atomic E-state index is 0.182. The Morgan fingerprint density at radius 3 is 2.50 bits per heavy atom. The summed E-state index contributed by atoms with van der Waals surface area (Å²) in [4.78, 5) is 2.23. The lowest BCUT2D eigenvalue weighted by molar-refractivity contribution is -0.0203. The molecule has 1 aliphatic heterocycles. The van der Waals surface area contributed by atoms with Crippen molar-refractivity contribution in [2.24, 2.45) is 5.92 Å². The Kier molecular flexibility index (Phi) is 7.05. The Morgan fingerprint density at radius 2 is 2.00 bits per heavy atom. The zero-order chi connectivity index (χ0) is 15.1. The average molecular weight is 282 g/mol. The van der Waals surface area contributed by atoms with Crippen LogP contribution < -0.4 is 5.32 Å². The van der Waals surface area contributed by atoms with Crippen molar-refractivity contribution in [3.8, 4) is 0 Å². The van der Waals surface area contributed by atoms with E-state index >= 15 is 0 Å². The Hall–Kier alpha value is -1.04. The summed E-state index contributed by atoms with van der Waals surface area (Å²) in [6.45, 7) is 11.4. The molecule has 1 aliphatic rings. The normalized spacial score (nSPS) is 20.4. The van der Waals surface area contributed by atoms with E-state index in [2.05, 4.69) is 61.6 Å². The highest BCUT2D eigenvalue weighted by Crippen LogP contribution is 2.11. The van der Waals surface area contributed by atoms with Crippen LogP contribution >= 0.6 is 0 Å². The molecule has 5 nitrogen and oxygen atoms in total. The summed E-state index contributed by atoms with van der Waals surface area (Å²) in [6.07, 6.45) is 3.23. The maximum absolute atomic E-state index is 5.60. The molecule has 1 heterocycles. The first-order valence-corrected chi connectivity index (χ1v) is 7.19. The molecular weight excluding hydrogens is 252 g/mol. The minimum Gasteiger partial charge on any atom is -0.473 e. The van der Waals surface area contributed by atoms with Gasteiger partial charge in [0, 0.05) is 27.2 Å². The molecule has 0 saturated carbocycles. The van der Waals surface area contributed by atoms with Crippen molar-refractivity contribution < 1.29 is 4.74 Å². The van der Waals surface area contributed by atoms with Gasteiger partial charge in [0.2, 0.25) is 0 Å². The van der Waals surface area contributed by atoms with Crippen LogP contribution in [0.1, 0.15) is 6.42 Å². The Morgan fingerprint density at radius 1 is 1.30 bits per heavy atom. The van der Waals surface area contributed by atoms with Crippen molar-refractivity contribution >= 4 is 0 Å². The fourth-order valence-electron chi connectivity index (χ4n) is 2.52. The highest BCUT2D eigenvalue weighted by Gasteiger charge is 2.22. The summed E-state index contributed by atoms with van der Waals surface area (Å²) in [5.41, 5.74) is 0. The van der Waals surface area contributed by atoms with E-state index in [9.17, 15) is 0 Å². The van der Waals surface area contributed by atoms with Crippen LogP contribution in [0, 0.1) is 5.92 Å². The maximum Gasteiger partial charge on any atom is 0.179 e. The van der Waals surface area contributed by atoms with Gasteiger partial charge in [-0.3, -0.25) is 0 Å². The number of likely N-dealkylation sites (N-methyl/N-ethyl adjacent to an activating group) is 1. The van der Waals surface area contributed by atoms with Crippen LogP contribution in [0.4, 0.5) is 0 Å². The Bertz CT molecular complexity index is 319. The van der Waals surface area contributed by atoms with Gasteiger partial charge < -0.3 is 15.0 Å². The molecule has 0 spiro atoms. The van der Waals surface area contributed by atoms with Crippen LogP contribution in [0.3, 0.4) is 0 Å². The lowest BCUT2D eigenvalue weighted by atomic mass is 10.1. The summed E-state index contributed by atoms with van der Waals surface area (Å²) >= 11 is 0. The Labute approximate surface area is 123 Å². The molecular formula is C15H30N4O. The third kappa shape index (κ3) is 5.94. The highest BCUT2D eigenvalue weighted by molar-refractivity contribution is 4.90. The Balaban J connectivity index is 2.39. The van der Waals surface area contributed by atoms with Gasteiger partial charge in [0.1, 0.15) is 6.10 Å². The lowest BCUT2D eigenvalue weighted by Gasteiger charge is -2.33. The van der Waals surface area contributed by atoms with Crippen molar-refractivity contribution in [2.75, 3.05) is 54.4 Å². The van der Waals surface area contributed by atoms with Gasteiger partial charge in [-0.1, -0.05) is 6.08 Å². The maximum atomic E-state index is 5.60. The quantitative estimate of drug-likeness (QED) is 0.503. The van der Waals surface area contributed by atoms with Gasteiger partial charge in [0.05, 0.1) is 13.1 Å². The summed E-state index contributed by atoms with van der Waals surface area (Å²) in [5.74, 6) is 1.27. The number of rotatable bonds is 9. The van der Waals surface area contributed by atoms with E-state index in [4.69, 9.17) is 4.74 Å². The number of hydrogen-bond acceptors (Lipinski definition) is 5. The second-order valence-corrected chi connectivity index (χ2v) is 5.88. The fourth-order valence-corrected chi connectivity index (χ4v) is 2.52. The molecule has 0 radical (unpaired) electrons. The molecule has 0 amide bonds. The number of ether oxygens (including phenoxy) is 1. The zero-order valence-corrected chi connectivity index (χ0v) is 13.4. The van der Waals surface area contributed by atoms with Crippen molar-refractivity contribution in [2.45, 2.75) is 12.5 Å². The molecule has 116 valence electrons. The van der Waals surface area contributed by atoms with Gasteiger partial charge in [-0.25, -0.2) is 10.0 Å². The number of nitrogens with one attached hydrogen (secondary N) is 1. The van der Waals surface area contributed by atoms with Crippen LogP contribution in [0.25, 0.3) is 0 Å². The molecule has 0 aromatic carbocycles. The van der Waals surface area contributed by atoms with E-state index in [0.29, 0.717) is 11.8 Å². The molecule has 2 unspecified atom stereocenters. The van der Waals surface area contributed by atoms with Crippen molar-refractivity contribution in [1.82, 2.24) is 20.2 Å². The molecule has 2 atom stereocenters. The standard InChI is InChI=1S/C15H30N4O/c1-7-8-14(10-17(3)4)11-18(5)19(6)12-15-9-16-13(2)20-15/h7,14-16H,1-2,8-12H2,3-6H3. The summed E-state index contributed by atoms with van der Waals surface area (Å²) in [5, 5.41) is 7.60. The third-order valence-corrected chi connectivity index (χ3v) is 3.53. The van der Waals surface area contributed by atoms with Gasteiger partial charge in [-0.2, -0.15) is 0 Å². The molecule has 1 rings (SSSR count). The van der Waals surface area contributed by atoms with Crippen molar-refractivity contribution in [3.63, 3.8) is 0 Å². The topological polar surface area (TPSA) is 31.0 Å². The number of hydrazine groups is 1. The molecule has 20 heavy (non-hydrogen) atoms. The summed E-state index contributed by atoms with van der Waals surface area (Å²) in [7, 11) is 8.46. The minimum absolute atomic E-state index is 0.182. The van der Waals surface area contributed by atoms with Crippen LogP contribution in [0.15, 0.2) is 25.1 Å². The number of allylic oxidation sites excluding steroid dienone is 1. The van der Waals surface area contributed by atoms with Crippen molar-refractivity contribution in [1.29, 1.82) is 0 Å². The molecule has 5 heteroatoms. The van der Waals surface area contributed by atoms with Gasteiger partial charge in [0.25, 0.3) is 0 Å². The highest BCUT2D eigenvalue weighted by atomic mass is 16.5. The SMILES string of the molecule is C=CCC(CN(C)C)CN(C)N(C)CC1CNC(=C)O1. The second kappa shape index (κ2) is 8.29. The van der Waals surface area contributed by atoms with Crippen molar-refractivity contribution in [3.05, 3.63) is 25.1 Å². The zero-order valence-electron chi connectivity index (χ0n) is 13.4. The van der Waals surface area contributed by atoms with E-state index in [1.165, 1.54) is 0 Å². The van der Waals surface area contributed by atoms with E-state index in [1.807, 2.05) is 6.08 Å². The van der Waals surface area contributed by atoms with E-state index < -0.39 is 0 Å². The third-order valence-electron chi connectivity index (χ3n) is 3.53. The van der Waals surface area contributed by atoms with Gasteiger partial charge in [-0.05, 0) is 33.0 Å². The first-order valence-electron chi connectivity index (χ1n) is 7.19. The van der Waals surface area contributed by atoms with Crippen LogP contribution in [0.2, 0.25) is 0 Å². The summed E-state index contributed by atoms with van der Waals surface area (Å²) in [6, 6.07) is 0. The average Bonchev–Trinajstić information content (AvgIpc) is 2.74. The molecule has 0 bridgehead atoms. The lowest BCUT2D eigenvalue weighted by Crippen LogP contribution is -2.45. The second-order valence-electron chi connectivity index (χ2n) is 5.88. The van der Waals surface area contributed by atoms with Gasteiger partial charge in [-0.15, -0.1) is 6.58 Å². The molecule has 0 aliphatic carbocycles. The van der Waals surface area contributed by atoms with E-state index in [0.717, 1.165) is 32.6 Å². The monoisotopic (exact) mass is 282 g/mol. The van der Waals surface area contributed by atoms with Gasteiger partial charge >= 0.3 is 0 Å². The molecule has 1 fully saturated rings. The smallest absolute Gasteiger partial charge is 0.179 e. The molecule has 1 saturated heterocycles. The fraction of sp³-hybridized carbons (Fsp3) is 0.733. The first kappa shape index (κ1) is 17.0. The van der Waals surface area contributed by atoms with E-state index in [-0.39, 0.29) is 6.10 Å². The largest absolute Gasteiger partial charge is 0.473 e. The molecule has 0 aromatic heterocycles. The number of hydrogen-bond donors (Lipinski definition) is 1. The predicted octanol–water partition coefficient (Wildman–Crippen LogP) is 0.979. The van der Waals surface area contributed by atoms with Gasteiger partial charge in [0.15, 0.2) is 5.88 Å². The molecule has 0 aromatic rings. The number of nitrogens with zero attached hydrogens (tertiary/aromatic N) is 3. The van der Waals surface area contributed by atoms with Crippen LogP contribution in [0.5, 0.6) is 0 Å². The van der Waals surface area contributed by atoms with Crippen LogP contribution in [-0.4, -0.2) is 75.4 Å². The predicted molar refractivity (Wildman–Crippen MR) is 84.1 cm³/mol. The first-order chi connectivity index (χ1) is 9.42. The molecule has 1 N–H and O–H groups in total. The van der Waals surface area contributed by atoms with E-state index in [1.54, 1.807) is 0 Å². The van der Waals surface area contributed by atoms with Crippen LogP contribution in [-0.2, 0) is 4.74 Å².